The molecule has 51 valence electrons. The molecule has 2 nitrogen and oxygen atoms in total. The van der Waals surface area contributed by atoms with Crippen LogP contribution in [0.5, 0.6) is 0 Å². The Morgan fingerprint density at radius 3 is 1.44 bits per heavy atom. The molecule has 1 rings (SSSR count). The van der Waals surface area contributed by atoms with Crippen LogP contribution in [0.25, 0.3) is 11.5 Å². The van der Waals surface area contributed by atoms with Crippen molar-refractivity contribution in [2.75, 3.05) is 0 Å². The third-order valence-corrected chi connectivity index (χ3v) is 0.927. The zero-order valence-corrected chi connectivity index (χ0v) is 5.55. The predicted octanol–water partition coefficient (Wildman–Crippen LogP) is 3.05. The molecule has 0 saturated carbocycles. The summed E-state index contributed by atoms with van der Waals surface area (Å²) < 4.78 is 0. The summed E-state index contributed by atoms with van der Waals surface area (Å²) in [5.41, 5.74) is 14.6. The molecule has 0 aliphatic rings. The molecule has 2 N–H and O–H groups in total. The van der Waals surface area contributed by atoms with Crippen LogP contribution in [0.4, 0.5) is 11.4 Å². The second-order valence-corrected chi connectivity index (χ2v) is 1.55. The van der Waals surface area contributed by atoms with Crippen molar-refractivity contribution in [1.29, 1.82) is 0 Å². The van der Waals surface area contributed by atoms with Gasteiger partial charge in [-0.25, -0.2) is 0 Å². The van der Waals surface area contributed by atoms with Crippen LogP contribution >= 0.6 is 0 Å². The van der Waals surface area contributed by atoms with Gasteiger partial charge in [-0.2, -0.15) is 11.4 Å². The van der Waals surface area contributed by atoms with Gasteiger partial charge in [-0.15, -0.1) is 0 Å². The van der Waals surface area contributed by atoms with Crippen LogP contribution in [-0.4, -0.2) is 0 Å². The van der Waals surface area contributed by atoms with Crippen LogP contribution < -0.4 is 0 Å². The van der Waals surface area contributed by atoms with Gasteiger partial charge in [0, 0.05) is 0 Å². The minimum Gasteiger partial charge on any atom is -0.700 e. The van der Waals surface area contributed by atoms with E-state index in [1.54, 1.807) is 24.3 Å². The van der Waals surface area contributed by atoms with E-state index < -0.39 is 0 Å². The van der Waals surface area contributed by atoms with E-state index in [2.05, 4.69) is 0 Å². The summed E-state index contributed by atoms with van der Waals surface area (Å²) in [7, 11) is 0. The van der Waals surface area contributed by atoms with E-state index in [1.165, 1.54) is 0 Å². The SMILES string of the molecule is [Cu+2].[NH-]c1ccccc1[NH-]. The fourth-order valence-corrected chi connectivity index (χ4v) is 0.483. The van der Waals surface area contributed by atoms with Gasteiger partial charge in [-0.1, -0.05) is 24.3 Å². The van der Waals surface area contributed by atoms with E-state index in [4.69, 9.17) is 11.5 Å². The molecule has 0 bridgehead atoms. The molecule has 0 aromatic heterocycles. The first-order valence-electron chi connectivity index (χ1n) is 2.33. The Morgan fingerprint density at radius 2 is 1.22 bits per heavy atom. The third-order valence-electron chi connectivity index (χ3n) is 0.927. The van der Waals surface area contributed by atoms with Gasteiger partial charge in [0.05, 0.1) is 0 Å². The Hall–Kier alpha value is -0.661. The summed E-state index contributed by atoms with van der Waals surface area (Å²) in [6.07, 6.45) is 0. The van der Waals surface area contributed by atoms with Crippen molar-refractivity contribution in [1.82, 2.24) is 0 Å². The first-order chi connectivity index (χ1) is 3.80. The second-order valence-electron chi connectivity index (χ2n) is 1.55. The van der Waals surface area contributed by atoms with Crippen molar-refractivity contribution in [2.45, 2.75) is 0 Å². The standard InChI is InChI=1S/C6H6N2.Cu/c7-5-3-1-2-4-6(5)8;/h1-4,7-8H;/q-2;+2. The van der Waals surface area contributed by atoms with Gasteiger partial charge in [0.15, 0.2) is 0 Å². The second kappa shape index (κ2) is 3.38. The van der Waals surface area contributed by atoms with Crippen LogP contribution in [0, 0.1) is 0 Å². The molecule has 1 radical (unpaired) electrons. The molecule has 0 fully saturated rings. The number of hydrogen-bond acceptors (Lipinski definition) is 0. The average molecular weight is 170 g/mol. The first-order valence-corrected chi connectivity index (χ1v) is 2.33. The molecule has 0 aliphatic carbocycles. The maximum absolute atomic E-state index is 7.03. The van der Waals surface area contributed by atoms with Gasteiger partial charge in [-0.05, 0) is 0 Å². The molecule has 0 unspecified atom stereocenters. The van der Waals surface area contributed by atoms with E-state index in [9.17, 15) is 0 Å². The van der Waals surface area contributed by atoms with Crippen molar-refractivity contribution < 1.29 is 17.1 Å². The minimum atomic E-state index is 0. The molecule has 0 spiro atoms. The largest absolute Gasteiger partial charge is 2.00 e. The molecule has 0 amide bonds. The Kier molecular flexibility index (Phi) is 3.13. The van der Waals surface area contributed by atoms with Crippen molar-refractivity contribution in [3.8, 4) is 0 Å². The van der Waals surface area contributed by atoms with Gasteiger partial charge in [0.1, 0.15) is 0 Å². The van der Waals surface area contributed by atoms with Crippen LogP contribution in [0.1, 0.15) is 0 Å². The summed E-state index contributed by atoms with van der Waals surface area (Å²) in [6.45, 7) is 0. The van der Waals surface area contributed by atoms with E-state index in [-0.39, 0.29) is 28.4 Å². The fourth-order valence-electron chi connectivity index (χ4n) is 0.483. The predicted molar refractivity (Wildman–Crippen MR) is 34.4 cm³/mol. The van der Waals surface area contributed by atoms with Crippen LogP contribution in [0.3, 0.4) is 0 Å². The minimum absolute atomic E-state index is 0. The Balaban J connectivity index is 0.000000640. The van der Waals surface area contributed by atoms with E-state index in [0.717, 1.165) is 0 Å². The Morgan fingerprint density at radius 1 is 0.889 bits per heavy atom. The molecule has 0 heterocycles. The zero-order valence-electron chi connectivity index (χ0n) is 4.61. The van der Waals surface area contributed by atoms with Gasteiger partial charge < -0.3 is 11.5 Å². The van der Waals surface area contributed by atoms with Crippen LogP contribution in [0.2, 0.25) is 0 Å². The van der Waals surface area contributed by atoms with Crippen LogP contribution in [0.15, 0.2) is 24.3 Å². The summed E-state index contributed by atoms with van der Waals surface area (Å²) in [5, 5.41) is 0. The normalized spacial score (nSPS) is 8.00. The van der Waals surface area contributed by atoms with Gasteiger partial charge >= 0.3 is 17.1 Å². The summed E-state index contributed by atoms with van der Waals surface area (Å²) in [5.74, 6) is 0. The molecular formula is C6H6CuN2. The molecule has 9 heavy (non-hydrogen) atoms. The van der Waals surface area contributed by atoms with Crippen molar-refractivity contribution in [3.63, 3.8) is 0 Å². The van der Waals surface area contributed by atoms with E-state index in [1.807, 2.05) is 0 Å². The van der Waals surface area contributed by atoms with Crippen molar-refractivity contribution >= 4 is 11.4 Å². The maximum Gasteiger partial charge on any atom is 2.00 e. The number of rotatable bonds is 0. The van der Waals surface area contributed by atoms with Gasteiger partial charge in [0.25, 0.3) is 0 Å². The molecular weight excluding hydrogens is 164 g/mol. The molecule has 0 saturated heterocycles. The molecule has 0 aliphatic heterocycles. The monoisotopic (exact) mass is 169 g/mol. The summed E-state index contributed by atoms with van der Waals surface area (Å²) in [4.78, 5) is 0. The Bertz CT molecular complexity index is 167. The topological polar surface area (TPSA) is 47.6 Å². The number of nitrogens with one attached hydrogen (secondary N) is 2. The average Bonchev–Trinajstić information content (AvgIpc) is 1.77. The third kappa shape index (κ3) is 1.96. The summed E-state index contributed by atoms with van der Waals surface area (Å²) >= 11 is 0. The smallest absolute Gasteiger partial charge is 0.700 e. The van der Waals surface area contributed by atoms with Gasteiger partial charge in [-0.3, -0.25) is 0 Å². The number of hydrogen-bond donors (Lipinski definition) is 0. The first kappa shape index (κ1) is 8.34. The van der Waals surface area contributed by atoms with Crippen LogP contribution in [-0.2, 0) is 17.1 Å². The fraction of sp³-hybridized carbons (Fsp3) is 0. The van der Waals surface area contributed by atoms with E-state index >= 15 is 0 Å². The molecule has 3 heteroatoms. The van der Waals surface area contributed by atoms with Crippen molar-refractivity contribution in [2.24, 2.45) is 0 Å². The molecule has 1 aromatic rings. The Labute approximate surface area is 64.7 Å². The van der Waals surface area contributed by atoms with Gasteiger partial charge in [0.2, 0.25) is 0 Å². The maximum atomic E-state index is 7.03. The van der Waals surface area contributed by atoms with Crippen molar-refractivity contribution in [3.05, 3.63) is 35.7 Å². The molecule has 0 atom stereocenters. The quantitative estimate of drug-likeness (QED) is 0.536. The number of benzene rings is 1. The zero-order chi connectivity index (χ0) is 5.98. The molecule has 1 aromatic carbocycles. The van der Waals surface area contributed by atoms with E-state index in [0.29, 0.717) is 0 Å². The summed E-state index contributed by atoms with van der Waals surface area (Å²) in [6, 6.07) is 6.70.